The van der Waals surface area contributed by atoms with Crippen LogP contribution < -0.4 is 5.73 Å². The van der Waals surface area contributed by atoms with Gasteiger partial charge in [-0.3, -0.25) is 19.5 Å². The number of rotatable bonds is 7. The van der Waals surface area contributed by atoms with E-state index < -0.39 is 53.3 Å². The number of nitro benzene ring substituents is 1. The summed E-state index contributed by atoms with van der Waals surface area (Å²) in [5, 5.41) is 38.9. The van der Waals surface area contributed by atoms with Crippen LogP contribution in [0.3, 0.4) is 0 Å². The van der Waals surface area contributed by atoms with Gasteiger partial charge in [0.2, 0.25) is 13.1 Å². The molecule has 2 unspecified atom stereocenters. The molecule has 0 aliphatic rings. The van der Waals surface area contributed by atoms with Crippen LogP contribution in [0.4, 0.5) is 5.69 Å². The first-order valence-corrected chi connectivity index (χ1v) is 7.93. The fraction of sp³-hybridized carbons (Fsp3) is 0.364. The molecule has 0 heterocycles. The Balaban J connectivity index is 3.02. The van der Waals surface area contributed by atoms with Gasteiger partial charge in [0.1, 0.15) is 6.04 Å². The van der Waals surface area contributed by atoms with E-state index in [0.717, 1.165) is 18.2 Å². The lowest BCUT2D eigenvalue weighted by molar-refractivity contribution is -0.386. The first-order chi connectivity index (χ1) is 10.1. The summed E-state index contributed by atoms with van der Waals surface area (Å²) in [5.41, 5.74) is 4.00. The number of nitro groups is 1. The van der Waals surface area contributed by atoms with Crippen molar-refractivity contribution < 1.29 is 34.5 Å². The van der Waals surface area contributed by atoms with Gasteiger partial charge >= 0.3 is 11.7 Å². The normalized spacial score (nSPS) is 16.5. The van der Waals surface area contributed by atoms with E-state index in [2.05, 4.69) is 0 Å². The Labute approximate surface area is 124 Å². The second kappa shape index (κ2) is 6.84. The van der Waals surface area contributed by atoms with Crippen molar-refractivity contribution in [1.29, 1.82) is 0 Å². The lowest BCUT2D eigenvalue weighted by Gasteiger charge is -2.20. The van der Waals surface area contributed by atoms with Gasteiger partial charge in [-0.05, 0) is 6.42 Å². The predicted molar refractivity (Wildman–Crippen MR) is 74.6 cm³/mol. The number of para-hydroxylation sites is 1. The van der Waals surface area contributed by atoms with E-state index in [4.69, 9.17) is 10.8 Å². The lowest BCUT2D eigenvalue weighted by atomic mass is 10.2. The van der Waals surface area contributed by atoms with Gasteiger partial charge in [0, 0.05) is 17.8 Å². The van der Waals surface area contributed by atoms with Crippen molar-refractivity contribution in [2.24, 2.45) is 5.73 Å². The number of benzene rings is 1. The number of hydrogen-bond acceptors (Lipinski definition) is 7. The number of hydrogen-bond donors (Lipinski definition) is 5. The SMILES string of the molecule is N[C@@H](CCP(=O)(O)C(O)c1cccc([N+](=O)[O-])c1O)C(=O)O. The molecule has 0 saturated heterocycles. The number of aromatic hydroxyl groups is 1. The molecule has 22 heavy (non-hydrogen) atoms. The van der Waals surface area contributed by atoms with Crippen LogP contribution in [-0.4, -0.2) is 43.3 Å². The highest BCUT2D eigenvalue weighted by Gasteiger charge is 2.35. The fourth-order valence-corrected chi connectivity index (χ4v) is 3.23. The fourth-order valence-electron chi connectivity index (χ4n) is 1.69. The van der Waals surface area contributed by atoms with Crippen LogP contribution in [-0.2, 0) is 9.36 Å². The highest BCUT2D eigenvalue weighted by atomic mass is 31.2. The Bertz CT molecular complexity index is 635. The van der Waals surface area contributed by atoms with Crippen molar-refractivity contribution in [2.75, 3.05) is 6.16 Å². The summed E-state index contributed by atoms with van der Waals surface area (Å²) in [6, 6.07) is 1.78. The van der Waals surface area contributed by atoms with E-state index in [-0.39, 0.29) is 6.42 Å². The molecule has 0 amide bonds. The molecule has 3 atom stereocenters. The highest BCUT2D eigenvalue weighted by molar-refractivity contribution is 7.58. The molecule has 10 nitrogen and oxygen atoms in total. The Kier molecular flexibility index (Phi) is 5.61. The number of phenols is 1. The van der Waals surface area contributed by atoms with Crippen LogP contribution in [0.1, 0.15) is 17.8 Å². The molecule has 0 bridgehead atoms. The minimum Gasteiger partial charge on any atom is -0.502 e. The molecule has 6 N–H and O–H groups in total. The summed E-state index contributed by atoms with van der Waals surface area (Å²) >= 11 is 0. The number of carboxylic acids is 1. The molecule has 11 heteroatoms. The minimum atomic E-state index is -4.35. The van der Waals surface area contributed by atoms with E-state index >= 15 is 0 Å². The van der Waals surface area contributed by atoms with Gasteiger partial charge in [0.15, 0.2) is 5.85 Å². The van der Waals surface area contributed by atoms with Crippen LogP contribution >= 0.6 is 7.37 Å². The topological polar surface area (TPSA) is 184 Å². The third-order valence-electron chi connectivity index (χ3n) is 2.98. The smallest absolute Gasteiger partial charge is 0.320 e. The molecule has 122 valence electrons. The van der Waals surface area contributed by atoms with E-state index in [1.54, 1.807) is 0 Å². The summed E-state index contributed by atoms with van der Waals surface area (Å²) in [6.07, 6.45) is -1.00. The molecule has 0 radical (unpaired) electrons. The summed E-state index contributed by atoms with van der Waals surface area (Å²) in [7, 11) is -4.35. The molecule has 0 aliphatic heterocycles. The summed E-state index contributed by atoms with van der Waals surface area (Å²) in [5.74, 6) is -4.38. The standard InChI is InChI=1S/C11H15N2O8P/c12-7(10(15)16)4-5-22(20,21)11(17)6-2-1-3-8(9(6)14)13(18)19/h1-3,7,11,14,17H,4-5,12H2,(H,15,16)(H,20,21)/t7-,11?/m0/s1. The zero-order chi connectivity index (χ0) is 17.1. The number of carbonyl (C=O) groups is 1. The Morgan fingerprint density at radius 1 is 1.45 bits per heavy atom. The first kappa shape index (κ1) is 18.1. The van der Waals surface area contributed by atoms with Crippen molar-refractivity contribution >= 4 is 19.0 Å². The van der Waals surface area contributed by atoms with Crippen molar-refractivity contribution in [3.05, 3.63) is 33.9 Å². The third kappa shape index (κ3) is 4.01. The van der Waals surface area contributed by atoms with Gasteiger partial charge in [0.25, 0.3) is 0 Å². The Morgan fingerprint density at radius 2 is 2.05 bits per heavy atom. The first-order valence-electron chi connectivity index (χ1n) is 6.02. The van der Waals surface area contributed by atoms with E-state index in [0.29, 0.717) is 0 Å². The quantitative estimate of drug-likeness (QED) is 0.267. The van der Waals surface area contributed by atoms with Crippen molar-refractivity contribution in [2.45, 2.75) is 18.3 Å². The van der Waals surface area contributed by atoms with E-state index in [9.17, 15) is 34.6 Å². The molecular formula is C11H15N2O8P. The van der Waals surface area contributed by atoms with Gasteiger partial charge < -0.3 is 25.9 Å². The summed E-state index contributed by atoms with van der Waals surface area (Å²) in [6.45, 7) is 0. The zero-order valence-electron chi connectivity index (χ0n) is 11.2. The number of aliphatic carboxylic acids is 1. The number of nitrogens with two attached hydrogens (primary N) is 1. The maximum absolute atomic E-state index is 12.1. The van der Waals surface area contributed by atoms with Gasteiger partial charge in [0.05, 0.1) is 4.92 Å². The van der Waals surface area contributed by atoms with E-state index in [1.165, 1.54) is 0 Å². The van der Waals surface area contributed by atoms with Gasteiger partial charge in [-0.25, -0.2) is 0 Å². The molecule has 0 fully saturated rings. The van der Waals surface area contributed by atoms with Crippen molar-refractivity contribution in [3.8, 4) is 5.75 Å². The molecule has 0 aromatic heterocycles. The minimum absolute atomic E-state index is 0.379. The maximum atomic E-state index is 12.1. The second-order valence-corrected chi connectivity index (χ2v) is 7.01. The second-order valence-electron chi connectivity index (χ2n) is 4.56. The third-order valence-corrected chi connectivity index (χ3v) is 4.92. The predicted octanol–water partition coefficient (Wildman–Crippen LogP) is 0.364. The molecule has 0 aliphatic carbocycles. The highest BCUT2D eigenvalue weighted by Crippen LogP contribution is 2.56. The van der Waals surface area contributed by atoms with Gasteiger partial charge in [-0.1, -0.05) is 12.1 Å². The van der Waals surface area contributed by atoms with Crippen molar-refractivity contribution in [1.82, 2.24) is 0 Å². The molecule has 0 saturated carbocycles. The zero-order valence-corrected chi connectivity index (χ0v) is 12.1. The molecule has 1 rings (SSSR count). The average molecular weight is 334 g/mol. The monoisotopic (exact) mass is 334 g/mol. The van der Waals surface area contributed by atoms with Gasteiger partial charge in [-0.2, -0.15) is 0 Å². The van der Waals surface area contributed by atoms with Crippen LogP contribution in [0, 0.1) is 10.1 Å². The maximum Gasteiger partial charge on any atom is 0.320 e. The Morgan fingerprint density at radius 3 is 2.55 bits per heavy atom. The van der Waals surface area contributed by atoms with Gasteiger partial charge in [-0.15, -0.1) is 0 Å². The van der Waals surface area contributed by atoms with E-state index in [1.807, 2.05) is 0 Å². The summed E-state index contributed by atoms with van der Waals surface area (Å²) in [4.78, 5) is 30.1. The van der Waals surface area contributed by atoms with Crippen LogP contribution in [0.15, 0.2) is 18.2 Å². The van der Waals surface area contributed by atoms with Crippen LogP contribution in [0.25, 0.3) is 0 Å². The Hall–Kier alpha value is -2.00. The lowest BCUT2D eigenvalue weighted by Crippen LogP contribution is -2.31. The van der Waals surface area contributed by atoms with Crippen LogP contribution in [0.2, 0.25) is 0 Å². The molecule has 1 aromatic carbocycles. The molecular weight excluding hydrogens is 319 g/mol. The summed E-state index contributed by atoms with van der Waals surface area (Å²) < 4.78 is 12.1. The average Bonchev–Trinajstić information content (AvgIpc) is 2.43. The number of aliphatic hydroxyl groups is 1. The van der Waals surface area contributed by atoms with Crippen LogP contribution in [0.5, 0.6) is 5.75 Å². The molecule has 1 aromatic rings. The number of phenolic OH excluding ortho intramolecular Hbond substituents is 1. The number of carboxylic acid groups (broad SMARTS) is 1. The number of nitrogens with zero attached hydrogens (tertiary/aromatic N) is 1. The molecule has 0 spiro atoms. The number of aliphatic hydroxyl groups excluding tert-OH is 1. The largest absolute Gasteiger partial charge is 0.502 e. The van der Waals surface area contributed by atoms with Crippen molar-refractivity contribution in [3.63, 3.8) is 0 Å².